The van der Waals surface area contributed by atoms with Gasteiger partial charge in [-0.3, -0.25) is 0 Å². The maximum Gasteiger partial charge on any atom is 0.152 e. The van der Waals surface area contributed by atoms with Crippen molar-refractivity contribution >= 4 is 11.5 Å². The van der Waals surface area contributed by atoms with E-state index in [-0.39, 0.29) is 0 Å². The molecule has 0 aliphatic carbocycles. The number of anilines is 2. The summed E-state index contributed by atoms with van der Waals surface area (Å²) in [5.41, 5.74) is 4.31. The summed E-state index contributed by atoms with van der Waals surface area (Å²) >= 11 is 0. The SMILES string of the molecule is Cc1nn(-c2ccccc2)cc1CNc1cccnc1N1CCOCC1. The molecule has 1 aliphatic heterocycles. The van der Waals surface area contributed by atoms with Crippen LogP contribution in [0.1, 0.15) is 11.3 Å². The molecular weight excluding hydrogens is 326 g/mol. The molecule has 6 nitrogen and oxygen atoms in total. The predicted octanol–water partition coefficient (Wildman–Crippen LogP) is 3.02. The Labute approximate surface area is 153 Å². The lowest BCUT2D eigenvalue weighted by Crippen LogP contribution is -2.37. The van der Waals surface area contributed by atoms with Crippen molar-refractivity contribution < 1.29 is 4.74 Å². The van der Waals surface area contributed by atoms with Crippen LogP contribution in [0.25, 0.3) is 5.69 Å². The first-order valence-corrected chi connectivity index (χ1v) is 8.93. The summed E-state index contributed by atoms with van der Waals surface area (Å²) in [6, 6.07) is 14.2. The summed E-state index contributed by atoms with van der Waals surface area (Å²) in [7, 11) is 0. The number of aryl methyl sites for hydroxylation is 1. The van der Waals surface area contributed by atoms with E-state index in [1.807, 2.05) is 42.1 Å². The molecule has 0 saturated carbocycles. The van der Waals surface area contributed by atoms with Gasteiger partial charge in [-0.15, -0.1) is 0 Å². The highest BCUT2D eigenvalue weighted by Gasteiger charge is 2.16. The summed E-state index contributed by atoms with van der Waals surface area (Å²) in [5, 5.41) is 8.17. The predicted molar refractivity (Wildman–Crippen MR) is 103 cm³/mol. The zero-order chi connectivity index (χ0) is 17.8. The average Bonchev–Trinajstić information content (AvgIpc) is 3.09. The van der Waals surface area contributed by atoms with Crippen molar-refractivity contribution in [2.45, 2.75) is 13.5 Å². The number of rotatable bonds is 5. The molecule has 1 aliphatic rings. The summed E-state index contributed by atoms with van der Waals surface area (Å²) in [5.74, 6) is 0.990. The third-order valence-electron chi connectivity index (χ3n) is 4.59. The Morgan fingerprint density at radius 2 is 1.88 bits per heavy atom. The molecule has 4 rings (SSSR count). The number of nitrogens with zero attached hydrogens (tertiary/aromatic N) is 4. The molecule has 0 atom stereocenters. The van der Waals surface area contributed by atoms with Crippen LogP contribution in [0.3, 0.4) is 0 Å². The second-order valence-corrected chi connectivity index (χ2v) is 6.35. The number of morpholine rings is 1. The lowest BCUT2D eigenvalue weighted by Gasteiger charge is -2.29. The van der Waals surface area contributed by atoms with Crippen molar-refractivity contribution in [2.75, 3.05) is 36.5 Å². The van der Waals surface area contributed by atoms with Crippen molar-refractivity contribution in [2.24, 2.45) is 0 Å². The van der Waals surface area contributed by atoms with Crippen LogP contribution < -0.4 is 10.2 Å². The normalized spacial score (nSPS) is 14.4. The quantitative estimate of drug-likeness (QED) is 0.767. The van der Waals surface area contributed by atoms with Crippen molar-refractivity contribution in [1.29, 1.82) is 0 Å². The first kappa shape index (κ1) is 16.6. The van der Waals surface area contributed by atoms with Crippen molar-refractivity contribution in [3.05, 3.63) is 66.1 Å². The smallest absolute Gasteiger partial charge is 0.152 e. The van der Waals surface area contributed by atoms with Gasteiger partial charge >= 0.3 is 0 Å². The number of nitrogens with one attached hydrogen (secondary N) is 1. The van der Waals surface area contributed by atoms with E-state index in [2.05, 4.69) is 44.7 Å². The van der Waals surface area contributed by atoms with Crippen LogP contribution in [-0.2, 0) is 11.3 Å². The van der Waals surface area contributed by atoms with Crippen LogP contribution in [0.5, 0.6) is 0 Å². The molecule has 1 fully saturated rings. The number of para-hydroxylation sites is 1. The first-order chi connectivity index (χ1) is 12.8. The second kappa shape index (κ2) is 7.58. The minimum Gasteiger partial charge on any atom is -0.378 e. The van der Waals surface area contributed by atoms with Gasteiger partial charge in [0.25, 0.3) is 0 Å². The molecule has 1 aromatic carbocycles. The highest BCUT2D eigenvalue weighted by atomic mass is 16.5. The van der Waals surface area contributed by atoms with E-state index >= 15 is 0 Å². The van der Waals surface area contributed by atoms with E-state index in [0.29, 0.717) is 6.54 Å². The lowest BCUT2D eigenvalue weighted by molar-refractivity contribution is 0.122. The minimum absolute atomic E-state index is 0.710. The van der Waals surface area contributed by atoms with Gasteiger partial charge in [0, 0.05) is 37.6 Å². The molecular formula is C20H23N5O. The molecule has 0 amide bonds. The summed E-state index contributed by atoms with van der Waals surface area (Å²) < 4.78 is 7.38. The average molecular weight is 349 g/mol. The van der Waals surface area contributed by atoms with Crippen LogP contribution in [0.2, 0.25) is 0 Å². The lowest BCUT2D eigenvalue weighted by atomic mass is 10.2. The summed E-state index contributed by atoms with van der Waals surface area (Å²) in [6.07, 6.45) is 3.93. The molecule has 26 heavy (non-hydrogen) atoms. The largest absolute Gasteiger partial charge is 0.378 e. The molecule has 1 N–H and O–H groups in total. The molecule has 0 unspecified atom stereocenters. The maximum absolute atomic E-state index is 5.45. The molecule has 6 heteroatoms. The van der Waals surface area contributed by atoms with Crippen molar-refractivity contribution in [3.8, 4) is 5.69 Å². The molecule has 3 heterocycles. The molecule has 0 spiro atoms. The topological polar surface area (TPSA) is 55.2 Å². The van der Waals surface area contributed by atoms with E-state index in [1.165, 1.54) is 5.56 Å². The maximum atomic E-state index is 5.45. The Hall–Kier alpha value is -2.86. The Morgan fingerprint density at radius 3 is 2.69 bits per heavy atom. The summed E-state index contributed by atoms with van der Waals surface area (Å²) in [4.78, 5) is 6.85. The third-order valence-corrected chi connectivity index (χ3v) is 4.59. The van der Waals surface area contributed by atoms with Gasteiger partial charge in [-0.1, -0.05) is 18.2 Å². The van der Waals surface area contributed by atoms with Gasteiger partial charge in [0.15, 0.2) is 5.82 Å². The van der Waals surface area contributed by atoms with E-state index in [9.17, 15) is 0 Å². The van der Waals surface area contributed by atoms with Gasteiger partial charge in [0.1, 0.15) is 0 Å². The first-order valence-electron chi connectivity index (χ1n) is 8.93. The van der Waals surface area contributed by atoms with Gasteiger partial charge < -0.3 is 15.0 Å². The van der Waals surface area contributed by atoms with Gasteiger partial charge in [0.05, 0.1) is 30.3 Å². The van der Waals surface area contributed by atoms with Crippen LogP contribution in [0.4, 0.5) is 11.5 Å². The molecule has 0 radical (unpaired) electrons. The number of aromatic nitrogens is 3. The van der Waals surface area contributed by atoms with E-state index in [1.54, 1.807) is 0 Å². The molecule has 134 valence electrons. The van der Waals surface area contributed by atoms with Crippen molar-refractivity contribution in [1.82, 2.24) is 14.8 Å². The fraction of sp³-hybridized carbons (Fsp3) is 0.300. The summed E-state index contributed by atoms with van der Waals surface area (Å²) in [6.45, 7) is 6.00. The standard InChI is InChI=1S/C20H23N5O/c1-16-17(15-25(23-16)18-6-3-2-4-7-18)14-22-19-8-5-9-21-20(19)24-10-12-26-13-11-24/h2-9,15,22H,10-14H2,1H3. The number of hydrogen-bond donors (Lipinski definition) is 1. The number of ether oxygens (including phenoxy) is 1. The monoisotopic (exact) mass is 349 g/mol. The Morgan fingerprint density at radius 1 is 1.08 bits per heavy atom. The number of benzene rings is 1. The van der Waals surface area contributed by atoms with Crippen molar-refractivity contribution in [3.63, 3.8) is 0 Å². The molecule has 2 aromatic heterocycles. The van der Waals surface area contributed by atoms with Crippen LogP contribution in [-0.4, -0.2) is 41.1 Å². The Balaban J connectivity index is 1.50. The van der Waals surface area contributed by atoms with Gasteiger partial charge in [-0.2, -0.15) is 5.10 Å². The zero-order valence-corrected chi connectivity index (χ0v) is 14.9. The van der Waals surface area contributed by atoms with Gasteiger partial charge in [-0.25, -0.2) is 9.67 Å². The van der Waals surface area contributed by atoms with Gasteiger partial charge in [-0.05, 0) is 31.2 Å². The fourth-order valence-electron chi connectivity index (χ4n) is 3.13. The van der Waals surface area contributed by atoms with Crippen LogP contribution in [0.15, 0.2) is 54.9 Å². The number of hydrogen-bond acceptors (Lipinski definition) is 5. The van der Waals surface area contributed by atoms with E-state index < -0.39 is 0 Å². The number of pyridine rings is 1. The molecule has 0 bridgehead atoms. The van der Waals surface area contributed by atoms with Crippen LogP contribution in [0, 0.1) is 6.92 Å². The van der Waals surface area contributed by atoms with E-state index in [4.69, 9.17) is 4.74 Å². The van der Waals surface area contributed by atoms with Gasteiger partial charge in [0.2, 0.25) is 0 Å². The fourth-order valence-corrected chi connectivity index (χ4v) is 3.13. The zero-order valence-electron chi connectivity index (χ0n) is 14.9. The molecule has 3 aromatic rings. The van der Waals surface area contributed by atoms with E-state index in [0.717, 1.165) is 49.2 Å². The van der Waals surface area contributed by atoms with Crippen LogP contribution >= 0.6 is 0 Å². The minimum atomic E-state index is 0.710. The highest BCUT2D eigenvalue weighted by Crippen LogP contribution is 2.24. The Kier molecular flexibility index (Phi) is 4.84. The third kappa shape index (κ3) is 3.55. The molecule has 1 saturated heterocycles. The Bertz CT molecular complexity index is 856. The second-order valence-electron chi connectivity index (χ2n) is 6.35. The highest BCUT2D eigenvalue weighted by molar-refractivity contribution is 5.65.